The van der Waals surface area contributed by atoms with E-state index in [1.165, 1.54) is 24.1 Å². The Morgan fingerprint density at radius 1 is 1.33 bits per heavy atom. The van der Waals surface area contributed by atoms with Crippen molar-refractivity contribution < 1.29 is 28.2 Å². The molecule has 2 atom stereocenters. The highest BCUT2D eigenvalue weighted by Crippen LogP contribution is 2.27. The normalized spacial score (nSPS) is 20.2. The molecule has 132 valence electrons. The summed E-state index contributed by atoms with van der Waals surface area (Å²) in [5, 5.41) is 0. The number of amides is 1. The van der Waals surface area contributed by atoms with Crippen LogP contribution in [0.4, 0.5) is 9.18 Å². The first-order chi connectivity index (χ1) is 11.1. The largest absolute Gasteiger partial charge is 0.482 e. The van der Waals surface area contributed by atoms with E-state index in [0.717, 1.165) is 0 Å². The summed E-state index contributed by atoms with van der Waals surface area (Å²) >= 11 is 0. The van der Waals surface area contributed by atoms with Crippen molar-refractivity contribution in [1.82, 2.24) is 9.88 Å². The second-order valence-electron chi connectivity index (χ2n) is 6.51. The number of carbonyl (C=O) groups is 2. The molecule has 1 saturated heterocycles. The van der Waals surface area contributed by atoms with E-state index in [2.05, 4.69) is 9.72 Å². The Morgan fingerprint density at radius 3 is 2.50 bits per heavy atom. The number of carbonyl (C=O) groups excluding carboxylic acids is 2. The molecule has 1 aliphatic rings. The van der Waals surface area contributed by atoms with Gasteiger partial charge in [-0.25, -0.2) is 14.6 Å². The van der Waals surface area contributed by atoms with Crippen molar-refractivity contribution in [2.24, 2.45) is 0 Å². The van der Waals surface area contributed by atoms with Crippen LogP contribution in [-0.2, 0) is 9.47 Å². The van der Waals surface area contributed by atoms with Crippen molar-refractivity contribution in [3.05, 3.63) is 23.8 Å². The van der Waals surface area contributed by atoms with E-state index in [1.807, 2.05) is 0 Å². The van der Waals surface area contributed by atoms with Crippen LogP contribution < -0.4 is 4.74 Å². The maximum Gasteiger partial charge on any atom is 0.410 e. The van der Waals surface area contributed by atoms with Crippen LogP contribution in [0, 0.1) is 5.95 Å². The van der Waals surface area contributed by atoms with E-state index in [-0.39, 0.29) is 30.1 Å². The monoisotopic (exact) mass is 340 g/mol. The highest BCUT2D eigenvalue weighted by atomic mass is 19.1. The number of rotatable bonds is 3. The smallest absolute Gasteiger partial charge is 0.410 e. The van der Waals surface area contributed by atoms with Gasteiger partial charge in [0.25, 0.3) is 5.95 Å². The van der Waals surface area contributed by atoms with Gasteiger partial charge in [-0.1, -0.05) is 0 Å². The van der Waals surface area contributed by atoms with Gasteiger partial charge < -0.3 is 14.2 Å². The number of aromatic nitrogens is 1. The molecular weight excluding hydrogens is 319 g/mol. The van der Waals surface area contributed by atoms with Crippen LogP contribution in [0.15, 0.2) is 12.1 Å². The minimum Gasteiger partial charge on any atom is -0.482 e. The topological polar surface area (TPSA) is 78.0 Å². The third kappa shape index (κ3) is 3.93. The molecule has 1 aromatic rings. The van der Waals surface area contributed by atoms with Gasteiger partial charge in [0.05, 0.1) is 19.7 Å². The predicted octanol–water partition coefficient (Wildman–Crippen LogP) is 2.39. The summed E-state index contributed by atoms with van der Waals surface area (Å²) in [5.41, 5.74) is -0.720. The second kappa shape index (κ2) is 6.62. The molecule has 0 N–H and O–H groups in total. The molecule has 0 aromatic carbocycles. The first-order valence-corrected chi connectivity index (χ1v) is 7.53. The molecule has 1 aromatic heterocycles. The summed E-state index contributed by atoms with van der Waals surface area (Å²) in [6.45, 7) is 7.42. The molecule has 0 bridgehead atoms. The molecule has 1 aliphatic heterocycles. The Bertz CT molecular complexity index is 644. The van der Waals surface area contributed by atoms with Crippen LogP contribution in [0.3, 0.4) is 0 Å². The average Bonchev–Trinajstić information content (AvgIpc) is 2.48. The van der Waals surface area contributed by atoms with Gasteiger partial charge in [-0.15, -0.1) is 0 Å². The van der Waals surface area contributed by atoms with Crippen LogP contribution in [0.1, 0.15) is 38.2 Å². The Hall–Kier alpha value is -2.38. The second-order valence-corrected chi connectivity index (χ2v) is 6.51. The van der Waals surface area contributed by atoms with Crippen molar-refractivity contribution in [3.8, 4) is 5.75 Å². The summed E-state index contributed by atoms with van der Waals surface area (Å²) in [5.74, 6) is -1.71. The first kappa shape index (κ1) is 18.0. The number of nitrogens with zero attached hydrogens (tertiary/aromatic N) is 2. The summed E-state index contributed by atoms with van der Waals surface area (Å²) in [4.78, 5) is 28.3. The minimum absolute atomic E-state index is 0.0802. The van der Waals surface area contributed by atoms with E-state index >= 15 is 0 Å². The standard InChI is InChI=1S/C16H21FN2O5/c1-9-12(8-19(9)15(21)24-16(2,3)4)23-11-7-6-10(14(20)22-5)18-13(11)17/h6-7,9,12H,8H2,1-5H3/t9-,12+/m1/s1. The zero-order valence-corrected chi connectivity index (χ0v) is 14.3. The van der Waals surface area contributed by atoms with Gasteiger partial charge in [0.2, 0.25) is 0 Å². The molecule has 2 rings (SSSR count). The number of ether oxygens (including phenoxy) is 3. The molecule has 7 nitrogen and oxygen atoms in total. The summed E-state index contributed by atoms with van der Waals surface area (Å²) in [6.07, 6.45) is -0.813. The molecule has 0 radical (unpaired) electrons. The van der Waals surface area contributed by atoms with Gasteiger partial charge in [0, 0.05) is 0 Å². The van der Waals surface area contributed by atoms with Gasteiger partial charge in [-0.3, -0.25) is 4.90 Å². The molecule has 0 saturated carbocycles. The van der Waals surface area contributed by atoms with Crippen molar-refractivity contribution in [2.45, 2.75) is 45.4 Å². The summed E-state index contributed by atoms with van der Waals surface area (Å²) in [6, 6.07) is 2.37. The Morgan fingerprint density at radius 2 is 2.00 bits per heavy atom. The molecule has 0 unspecified atom stereocenters. The quantitative estimate of drug-likeness (QED) is 0.621. The molecular formula is C16H21FN2O5. The first-order valence-electron chi connectivity index (χ1n) is 7.53. The van der Waals surface area contributed by atoms with Crippen LogP contribution in [0.25, 0.3) is 0 Å². The number of hydrogen-bond donors (Lipinski definition) is 0. The highest BCUT2D eigenvalue weighted by molar-refractivity contribution is 5.87. The number of pyridine rings is 1. The lowest BCUT2D eigenvalue weighted by molar-refractivity contribution is -0.0547. The van der Waals surface area contributed by atoms with Crippen LogP contribution in [0.5, 0.6) is 5.75 Å². The van der Waals surface area contributed by atoms with Crippen molar-refractivity contribution in [3.63, 3.8) is 0 Å². The average molecular weight is 340 g/mol. The molecule has 1 fully saturated rings. The van der Waals surface area contributed by atoms with Crippen molar-refractivity contribution in [1.29, 1.82) is 0 Å². The number of hydrogen-bond acceptors (Lipinski definition) is 6. The highest BCUT2D eigenvalue weighted by Gasteiger charge is 2.42. The molecule has 24 heavy (non-hydrogen) atoms. The predicted molar refractivity (Wildman–Crippen MR) is 82.4 cm³/mol. The van der Waals surface area contributed by atoms with E-state index < -0.39 is 23.6 Å². The SMILES string of the molecule is COC(=O)c1ccc(O[C@H]2CN(C(=O)OC(C)(C)C)[C@@H]2C)c(F)n1. The van der Waals surface area contributed by atoms with Gasteiger partial charge in [0.1, 0.15) is 11.7 Å². The fraction of sp³-hybridized carbons (Fsp3) is 0.562. The molecule has 0 aliphatic carbocycles. The van der Waals surface area contributed by atoms with Crippen LogP contribution >= 0.6 is 0 Å². The Balaban J connectivity index is 1.97. The third-order valence-corrected chi connectivity index (χ3v) is 3.52. The maximum absolute atomic E-state index is 13.9. The fourth-order valence-corrected chi connectivity index (χ4v) is 2.16. The number of methoxy groups -OCH3 is 1. The van der Waals surface area contributed by atoms with Gasteiger partial charge in [0.15, 0.2) is 11.4 Å². The van der Waals surface area contributed by atoms with E-state index in [1.54, 1.807) is 27.7 Å². The zero-order valence-electron chi connectivity index (χ0n) is 14.3. The van der Waals surface area contributed by atoms with Gasteiger partial charge in [-0.2, -0.15) is 4.39 Å². The van der Waals surface area contributed by atoms with Crippen molar-refractivity contribution >= 4 is 12.1 Å². The zero-order chi connectivity index (χ0) is 18.1. The number of likely N-dealkylation sites (tertiary alicyclic amines) is 1. The molecule has 2 heterocycles. The summed E-state index contributed by atoms with van der Waals surface area (Å²) < 4.78 is 29.2. The number of halogens is 1. The lowest BCUT2D eigenvalue weighted by atomic mass is 10.0. The lowest BCUT2D eigenvalue weighted by Gasteiger charge is -2.45. The Kier molecular flexibility index (Phi) is 4.96. The van der Waals surface area contributed by atoms with Gasteiger partial charge in [-0.05, 0) is 39.8 Å². The molecule has 8 heteroatoms. The van der Waals surface area contributed by atoms with E-state index in [9.17, 15) is 14.0 Å². The fourth-order valence-electron chi connectivity index (χ4n) is 2.16. The van der Waals surface area contributed by atoms with E-state index in [4.69, 9.17) is 9.47 Å². The van der Waals surface area contributed by atoms with Crippen molar-refractivity contribution in [2.75, 3.05) is 13.7 Å². The van der Waals surface area contributed by atoms with Crippen LogP contribution in [-0.4, -0.2) is 53.3 Å². The maximum atomic E-state index is 13.9. The minimum atomic E-state index is -0.902. The lowest BCUT2D eigenvalue weighted by Crippen LogP contribution is -2.63. The number of esters is 1. The molecule has 1 amide bonds. The molecule has 0 spiro atoms. The van der Waals surface area contributed by atoms with E-state index in [0.29, 0.717) is 0 Å². The summed E-state index contributed by atoms with van der Waals surface area (Å²) in [7, 11) is 1.19. The van der Waals surface area contributed by atoms with Gasteiger partial charge >= 0.3 is 12.1 Å². The Labute approximate surface area is 139 Å². The third-order valence-electron chi connectivity index (χ3n) is 3.52. The van der Waals surface area contributed by atoms with Crippen LogP contribution in [0.2, 0.25) is 0 Å².